The molecule has 0 bridgehead atoms. The minimum atomic E-state index is 0.388. The third-order valence-corrected chi connectivity index (χ3v) is 3.13. The molecule has 15 heavy (non-hydrogen) atoms. The first kappa shape index (κ1) is 10.5. The zero-order valence-corrected chi connectivity index (χ0v) is 9.08. The summed E-state index contributed by atoms with van der Waals surface area (Å²) in [6, 6.07) is 7.66. The fraction of sp³-hybridized carbons (Fsp3) is 0.538. The van der Waals surface area contributed by atoms with Crippen LogP contribution < -0.4 is 5.32 Å². The number of rotatable bonds is 2. The highest BCUT2D eigenvalue weighted by molar-refractivity contribution is 5.27. The van der Waals surface area contributed by atoms with Crippen LogP contribution in [0.5, 0.6) is 5.75 Å². The summed E-state index contributed by atoms with van der Waals surface area (Å²) >= 11 is 0. The summed E-state index contributed by atoms with van der Waals surface area (Å²) < 4.78 is 0. The fourth-order valence-electron chi connectivity index (χ4n) is 2.31. The SMILES string of the molecule is Oc1cccc(CC2CCCNCC2)c1. The molecule has 0 spiro atoms. The molecule has 0 aliphatic carbocycles. The maximum atomic E-state index is 9.39. The standard InChI is InChI=1S/C13H19NO/c15-13-5-1-3-12(10-13)9-11-4-2-7-14-8-6-11/h1,3,5,10-11,14-15H,2,4,6-9H2. The van der Waals surface area contributed by atoms with E-state index in [9.17, 15) is 5.11 Å². The highest BCUT2D eigenvalue weighted by Gasteiger charge is 2.12. The van der Waals surface area contributed by atoms with E-state index in [1.54, 1.807) is 6.07 Å². The molecule has 0 saturated carbocycles. The van der Waals surface area contributed by atoms with Gasteiger partial charge in [0.05, 0.1) is 0 Å². The summed E-state index contributed by atoms with van der Waals surface area (Å²) in [6.45, 7) is 2.31. The van der Waals surface area contributed by atoms with Gasteiger partial charge in [0.1, 0.15) is 5.75 Å². The molecule has 2 heteroatoms. The molecule has 1 saturated heterocycles. The van der Waals surface area contributed by atoms with Crippen LogP contribution >= 0.6 is 0 Å². The molecule has 1 atom stereocenters. The van der Waals surface area contributed by atoms with Crippen LogP contribution in [0, 0.1) is 5.92 Å². The molecule has 82 valence electrons. The highest BCUT2D eigenvalue weighted by atomic mass is 16.3. The average Bonchev–Trinajstić information content (AvgIpc) is 2.46. The maximum absolute atomic E-state index is 9.39. The topological polar surface area (TPSA) is 32.3 Å². The predicted octanol–water partition coefficient (Wildman–Crippen LogP) is 2.32. The summed E-state index contributed by atoms with van der Waals surface area (Å²) in [4.78, 5) is 0. The molecule has 1 aliphatic heterocycles. The quantitative estimate of drug-likeness (QED) is 0.776. The van der Waals surface area contributed by atoms with Crippen molar-refractivity contribution in [3.8, 4) is 5.75 Å². The Kier molecular flexibility index (Phi) is 3.62. The van der Waals surface area contributed by atoms with Gasteiger partial charge in [0.15, 0.2) is 0 Å². The third kappa shape index (κ3) is 3.24. The van der Waals surface area contributed by atoms with Crippen molar-refractivity contribution in [3.63, 3.8) is 0 Å². The molecule has 0 aromatic heterocycles. The maximum Gasteiger partial charge on any atom is 0.115 e. The molecule has 1 aromatic rings. The van der Waals surface area contributed by atoms with E-state index in [1.807, 2.05) is 12.1 Å². The van der Waals surface area contributed by atoms with Crippen molar-refractivity contribution in [3.05, 3.63) is 29.8 Å². The average molecular weight is 205 g/mol. The van der Waals surface area contributed by atoms with Crippen LogP contribution in [-0.2, 0) is 6.42 Å². The van der Waals surface area contributed by atoms with Crippen molar-refractivity contribution in [2.45, 2.75) is 25.7 Å². The molecule has 1 aliphatic rings. The summed E-state index contributed by atoms with van der Waals surface area (Å²) in [6.07, 6.45) is 4.96. The van der Waals surface area contributed by atoms with Crippen LogP contribution in [0.1, 0.15) is 24.8 Å². The van der Waals surface area contributed by atoms with Gasteiger partial charge in [-0.1, -0.05) is 12.1 Å². The van der Waals surface area contributed by atoms with E-state index in [1.165, 1.54) is 24.8 Å². The van der Waals surface area contributed by atoms with Crippen LogP contribution in [0.2, 0.25) is 0 Å². The number of phenols is 1. The van der Waals surface area contributed by atoms with Gasteiger partial charge in [-0.2, -0.15) is 0 Å². The van der Waals surface area contributed by atoms with E-state index in [2.05, 4.69) is 11.4 Å². The lowest BCUT2D eigenvalue weighted by molar-refractivity contribution is 0.460. The Bertz CT molecular complexity index is 303. The number of benzene rings is 1. The summed E-state index contributed by atoms with van der Waals surface area (Å²) in [5.74, 6) is 1.17. The molecular formula is C13H19NO. The van der Waals surface area contributed by atoms with Gasteiger partial charge in [-0.05, 0) is 62.4 Å². The van der Waals surface area contributed by atoms with E-state index >= 15 is 0 Å². The lowest BCUT2D eigenvalue weighted by atomic mass is 9.93. The van der Waals surface area contributed by atoms with Crippen molar-refractivity contribution < 1.29 is 5.11 Å². The van der Waals surface area contributed by atoms with Crippen LogP contribution in [0.4, 0.5) is 0 Å². The second kappa shape index (κ2) is 5.17. The third-order valence-electron chi connectivity index (χ3n) is 3.13. The largest absolute Gasteiger partial charge is 0.508 e. The summed E-state index contributed by atoms with van der Waals surface area (Å²) in [5.41, 5.74) is 1.27. The fourth-order valence-corrected chi connectivity index (χ4v) is 2.31. The zero-order valence-electron chi connectivity index (χ0n) is 9.08. The zero-order chi connectivity index (χ0) is 10.5. The van der Waals surface area contributed by atoms with E-state index in [0.717, 1.165) is 25.4 Å². The Balaban J connectivity index is 1.95. The van der Waals surface area contributed by atoms with Crippen molar-refractivity contribution in [1.82, 2.24) is 5.32 Å². The molecule has 0 radical (unpaired) electrons. The lowest BCUT2D eigenvalue weighted by Gasteiger charge is -2.13. The smallest absolute Gasteiger partial charge is 0.115 e. The second-order valence-corrected chi connectivity index (χ2v) is 4.42. The Morgan fingerprint density at radius 1 is 1.27 bits per heavy atom. The van der Waals surface area contributed by atoms with Gasteiger partial charge < -0.3 is 10.4 Å². The van der Waals surface area contributed by atoms with Gasteiger partial charge in [-0.15, -0.1) is 0 Å². The van der Waals surface area contributed by atoms with E-state index < -0.39 is 0 Å². The van der Waals surface area contributed by atoms with Gasteiger partial charge >= 0.3 is 0 Å². The molecule has 1 unspecified atom stereocenters. The second-order valence-electron chi connectivity index (χ2n) is 4.42. The normalized spacial score (nSPS) is 22.3. The molecule has 2 N–H and O–H groups in total. The van der Waals surface area contributed by atoms with Crippen LogP contribution in [0.15, 0.2) is 24.3 Å². The predicted molar refractivity (Wildman–Crippen MR) is 62.0 cm³/mol. The van der Waals surface area contributed by atoms with E-state index in [4.69, 9.17) is 0 Å². The lowest BCUT2D eigenvalue weighted by Crippen LogP contribution is -2.14. The number of hydrogen-bond donors (Lipinski definition) is 2. The molecule has 1 aromatic carbocycles. The van der Waals surface area contributed by atoms with Gasteiger partial charge in [0.2, 0.25) is 0 Å². The monoisotopic (exact) mass is 205 g/mol. The van der Waals surface area contributed by atoms with E-state index in [-0.39, 0.29) is 0 Å². The Morgan fingerprint density at radius 3 is 3.07 bits per heavy atom. The molecule has 2 nitrogen and oxygen atoms in total. The molecule has 1 heterocycles. The molecule has 1 fully saturated rings. The minimum Gasteiger partial charge on any atom is -0.508 e. The van der Waals surface area contributed by atoms with Crippen LogP contribution in [0.3, 0.4) is 0 Å². The van der Waals surface area contributed by atoms with Gasteiger partial charge in [0.25, 0.3) is 0 Å². The van der Waals surface area contributed by atoms with Crippen molar-refractivity contribution in [2.24, 2.45) is 5.92 Å². The minimum absolute atomic E-state index is 0.388. The molecular weight excluding hydrogens is 186 g/mol. The molecule has 2 rings (SSSR count). The highest BCUT2D eigenvalue weighted by Crippen LogP contribution is 2.21. The first-order valence-electron chi connectivity index (χ1n) is 5.83. The Morgan fingerprint density at radius 2 is 2.20 bits per heavy atom. The first-order valence-corrected chi connectivity index (χ1v) is 5.83. The van der Waals surface area contributed by atoms with Crippen LogP contribution in [0.25, 0.3) is 0 Å². The van der Waals surface area contributed by atoms with E-state index in [0.29, 0.717) is 5.75 Å². The summed E-state index contributed by atoms with van der Waals surface area (Å²) in [7, 11) is 0. The Labute approximate surface area is 91.3 Å². The number of aromatic hydroxyl groups is 1. The van der Waals surface area contributed by atoms with Gasteiger partial charge in [0, 0.05) is 0 Å². The van der Waals surface area contributed by atoms with Crippen LogP contribution in [-0.4, -0.2) is 18.2 Å². The number of hydrogen-bond acceptors (Lipinski definition) is 2. The summed E-state index contributed by atoms with van der Waals surface area (Å²) in [5, 5.41) is 12.8. The van der Waals surface area contributed by atoms with Gasteiger partial charge in [-0.25, -0.2) is 0 Å². The molecule has 0 amide bonds. The van der Waals surface area contributed by atoms with Crippen molar-refractivity contribution >= 4 is 0 Å². The Hall–Kier alpha value is -1.02. The van der Waals surface area contributed by atoms with Crippen molar-refractivity contribution in [2.75, 3.05) is 13.1 Å². The first-order chi connectivity index (χ1) is 7.34. The van der Waals surface area contributed by atoms with Crippen molar-refractivity contribution in [1.29, 1.82) is 0 Å². The van der Waals surface area contributed by atoms with Gasteiger partial charge in [-0.3, -0.25) is 0 Å². The number of phenolic OH excluding ortho intramolecular Hbond substituents is 1. The number of nitrogens with one attached hydrogen (secondary N) is 1.